The summed E-state index contributed by atoms with van der Waals surface area (Å²) >= 11 is 1.24. The van der Waals surface area contributed by atoms with Gasteiger partial charge in [0.2, 0.25) is 22.9 Å². The molecule has 1 N–H and O–H groups in total. The molecule has 5 atom stereocenters. The molecule has 3 aliphatic rings. The number of anilines is 1. The van der Waals surface area contributed by atoms with E-state index >= 15 is 0 Å². The predicted octanol–water partition coefficient (Wildman–Crippen LogP) is 2.86. The van der Waals surface area contributed by atoms with Crippen LogP contribution in [0.4, 0.5) is 9.52 Å². The van der Waals surface area contributed by atoms with E-state index in [4.69, 9.17) is 0 Å². The lowest BCUT2D eigenvalue weighted by atomic mass is 9.85. The van der Waals surface area contributed by atoms with Crippen molar-refractivity contribution >= 4 is 34.2 Å². The molecule has 3 amide bonds. The van der Waals surface area contributed by atoms with Crippen molar-refractivity contribution in [2.24, 2.45) is 23.7 Å². The second-order valence-electron chi connectivity index (χ2n) is 7.99. The van der Waals surface area contributed by atoms with E-state index in [2.05, 4.69) is 15.5 Å². The fourth-order valence-corrected chi connectivity index (χ4v) is 5.58. The van der Waals surface area contributed by atoms with Crippen molar-refractivity contribution in [3.8, 4) is 0 Å². The highest BCUT2D eigenvalue weighted by Crippen LogP contribution is 2.54. The fourth-order valence-electron chi connectivity index (χ4n) is 4.97. The molecule has 1 aromatic carbocycles. The van der Waals surface area contributed by atoms with Crippen molar-refractivity contribution in [3.63, 3.8) is 0 Å². The van der Waals surface area contributed by atoms with E-state index in [0.717, 1.165) is 6.42 Å². The van der Waals surface area contributed by atoms with Crippen LogP contribution in [0.25, 0.3) is 0 Å². The van der Waals surface area contributed by atoms with Gasteiger partial charge in [0.05, 0.1) is 24.3 Å². The van der Waals surface area contributed by atoms with Gasteiger partial charge in [-0.2, -0.15) is 0 Å². The van der Waals surface area contributed by atoms with Crippen molar-refractivity contribution in [3.05, 3.63) is 52.8 Å². The van der Waals surface area contributed by atoms with E-state index in [1.807, 2.05) is 12.2 Å². The number of fused-ring (bicyclic) bond motifs is 5. The fraction of sp³-hybridized carbons (Fsp3) is 0.381. The quantitative estimate of drug-likeness (QED) is 0.586. The molecule has 0 spiro atoms. The molecule has 9 heteroatoms. The minimum Gasteiger partial charge on any atom is -0.300 e. The van der Waals surface area contributed by atoms with Crippen LogP contribution < -0.4 is 5.32 Å². The third kappa shape index (κ3) is 3.04. The SMILES string of the molecule is Cc1nnc(NC(=O)CC(c2ccc(F)cc2)N2C(=O)C3C4C=CC(C4)C3C2=O)s1. The number of likely N-dealkylation sites (tertiary alicyclic amines) is 1. The molecule has 1 aromatic heterocycles. The normalized spacial score (nSPS) is 27.6. The number of hydrogen-bond acceptors (Lipinski definition) is 6. The number of benzene rings is 1. The molecule has 2 aliphatic carbocycles. The lowest BCUT2D eigenvalue weighted by molar-refractivity contribution is -0.144. The maximum absolute atomic E-state index is 13.5. The Hall–Kier alpha value is -2.94. The van der Waals surface area contributed by atoms with Gasteiger partial charge in [0.15, 0.2) is 0 Å². The molecule has 1 saturated carbocycles. The van der Waals surface area contributed by atoms with E-state index in [0.29, 0.717) is 15.7 Å². The first kappa shape index (κ1) is 19.0. The lowest BCUT2D eigenvalue weighted by Gasteiger charge is -2.28. The Kier molecular flexibility index (Phi) is 4.50. The number of aryl methyl sites for hydroxylation is 1. The number of allylic oxidation sites excluding steroid dienone is 2. The zero-order valence-electron chi connectivity index (χ0n) is 16.1. The number of imide groups is 1. The summed E-state index contributed by atoms with van der Waals surface area (Å²) in [5, 5.41) is 11.5. The number of aromatic nitrogens is 2. The number of carbonyl (C=O) groups is 3. The Morgan fingerprint density at radius 3 is 2.37 bits per heavy atom. The molecular weight excluding hydrogens is 407 g/mol. The molecule has 5 rings (SSSR count). The molecule has 0 radical (unpaired) electrons. The summed E-state index contributed by atoms with van der Waals surface area (Å²) in [6.45, 7) is 1.78. The Balaban J connectivity index is 1.44. The minimum atomic E-state index is -0.801. The van der Waals surface area contributed by atoms with Gasteiger partial charge in [0, 0.05) is 0 Å². The van der Waals surface area contributed by atoms with Crippen LogP contribution in [-0.4, -0.2) is 32.8 Å². The van der Waals surface area contributed by atoms with Crippen molar-refractivity contribution in [1.29, 1.82) is 0 Å². The summed E-state index contributed by atoms with van der Waals surface area (Å²) in [6, 6.07) is 4.77. The highest BCUT2D eigenvalue weighted by molar-refractivity contribution is 7.15. The molecular formula is C21H19FN4O3S. The van der Waals surface area contributed by atoms with Crippen molar-refractivity contribution in [2.75, 3.05) is 5.32 Å². The number of amides is 3. The molecule has 2 aromatic rings. The van der Waals surface area contributed by atoms with E-state index in [1.165, 1.54) is 40.5 Å². The Morgan fingerprint density at radius 1 is 1.17 bits per heavy atom. The summed E-state index contributed by atoms with van der Waals surface area (Å²) < 4.78 is 13.5. The van der Waals surface area contributed by atoms with E-state index < -0.39 is 11.9 Å². The third-order valence-corrected chi connectivity index (χ3v) is 6.98. The largest absolute Gasteiger partial charge is 0.300 e. The first-order valence-corrected chi connectivity index (χ1v) is 10.6. The molecule has 154 valence electrons. The summed E-state index contributed by atoms with van der Waals surface area (Å²) in [6.07, 6.45) is 4.75. The number of hydrogen-bond donors (Lipinski definition) is 1. The highest BCUT2D eigenvalue weighted by atomic mass is 32.1. The number of rotatable bonds is 5. The average molecular weight is 426 g/mol. The van der Waals surface area contributed by atoms with E-state index in [9.17, 15) is 18.8 Å². The Labute approximate surface area is 176 Å². The van der Waals surface area contributed by atoms with Crippen LogP contribution in [0.2, 0.25) is 0 Å². The van der Waals surface area contributed by atoms with Gasteiger partial charge in [0.1, 0.15) is 10.8 Å². The molecule has 2 bridgehead atoms. The van der Waals surface area contributed by atoms with Gasteiger partial charge >= 0.3 is 0 Å². The Bertz CT molecular complexity index is 1040. The smallest absolute Gasteiger partial charge is 0.234 e. The maximum Gasteiger partial charge on any atom is 0.234 e. The van der Waals surface area contributed by atoms with E-state index in [1.54, 1.807) is 6.92 Å². The maximum atomic E-state index is 13.5. The van der Waals surface area contributed by atoms with Crippen LogP contribution in [0, 0.1) is 36.4 Å². The van der Waals surface area contributed by atoms with Crippen LogP contribution in [0.5, 0.6) is 0 Å². The van der Waals surface area contributed by atoms with Gasteiger partial charge in [-0.05, 0) is 42.9 Å². The molecule has 7 nitrogen and oxygen atoms in total. The van der Waals surface area contributed by atoms with Gasteiger partial charge in [-0.15, -0.1) is 10.2 Å². The Morgan fingerprint density at radius 2 is 1.80 bits per heavy atom. The molecule has 5 unspecified atom stereocenters. The van der Waals surface area contributed by atoms with Crippen LogP contribution in [0.3, 0.4) is 0 Å². The van der Waals surface area contributed by atoms with Crippen LogP contribution in [0.15, 0.2) is 36.4 Å². The standard InChI is InChI=1S/C21H19FN4O3S/c1-10-24-25-21(30-10)23-16(27)9-15(11-4-6-14(22)7-5-11)26-19(28)17-12-2-3-13(8-12)18(17)20(26)29/h2-7,12-13,15,17-18H,8-9H2,1H3,(H,23,25,27). The van der Waals surface area contributed by atoms with Crippen molar-refractivity contribution < 1.29 is 18.8 Å². The molecule has 2 heterocycles. The molecule has 2 fully saturated rings. The number of carbonyl (C=O) groups excluding carboxylic acids is 3. The summed E-state index contributed by atoms with van der Waals surface area (Å²) in [5.41, 5.74) is 0.543. The van der Waals surface area contributed by atoms with Gasteiger partial charge in [0.25, 0.3) is 0 Å². The van der Waals surface area contributed by atoms with Gasteiger partial charge in [-0.25, -0.2) is 4.39 Å². The van der Waals surface area contributed by atoms with Crippen LogP contribution >= 0.6 is 11.3 Å². The van der Waals surface area contributed by atoms with Crippen molar-refractivity contribution in [1.82, 2.24) is 15.1 Å². The summed E-state index contributed by atoms with van der Waals surface area (Å²) in [4.78, 5) is 40.5. The second-order valence-corrected chi connectivity index (χ2v) is 9.17. The second kappa shape index (κ2) is 7.09. The van der Waals surface area contributed by atoms with Crippen LogP contribution in [0.1, 0.15) is 29.5 Å². The number of nitrogens with one attached hydrogen (secondary N) is 1. The first-order valence-electron chi connectivity index (χ1n) is 9.83. The van der Waals surface area contributed by atoms with Gasteiger partial charge < -0.3 is 5.32 Å². The first-order chi connectivity index (χ1) is 14.4. The van der Waals surface area contributed by atoms with Gasteiger partial charge in [-0.3, -0.25) is 19.3 Å². The monoisotopic (exact) mass is 426 g/mol. The average Bonchev–Trinajstić information content (AvgIpc) is 3.47. The summed E-state index contributed by atoms with van der Waals surface area (Å²) in [7, 11) is 0. The zero-order valence-corrected chi connectivity index (χ0v) is 16.9. The molecule has 1 aliphatic heterocycles. The van der Waals surface area contributed by atoms with Gasteiger partial charge in [-0.1, -0.05) is 35.6 Å². The van der Waals surface area contributed by atoms with Crippen molar-refractivity contribution in [2.45, 2.75) is 25.8 Å². The molecule has 30 heavy (non-hydrogen) atoms. The molecule has 1 saturated heterocycles. The number of nitrogens with zero attached hydrogens (tertiary/aromatic N) is 3. The lowest BCUT2D eigenvalue weighted by Crippen LogP contribution is -2.38. The predicted molar refractivity (Wildman–Crippen MR) is 107 cm³/mol. The highest BCUT2D eigenvalue weighted by Gasteiger charge is 2.60. The van der Waals surface area contributed by atoms with E-state index in [-0.39, 0.29) is 47.8 Å². The zero-order chi connectivity index (χ0) is 21.0. The summed E-state index contributed by atoms with van der Waals surface area (Å²) in [5.74, 6) is -1.86. The minimum absolute atomic E-state index is 0.0773. The van der Waals surface area contributed by atoms with Crippen LogP contribution in [-0.2, 0) is 14.4 Å². The topological polar surface area (TPSA) is 92.3 Å². The third-order valence-electron chi connectivity index (χ3n) is 6.22. The number of halogens is 1.